The van der Waals surface area contributed by atoms with E-state index in [1.807, 2.05) is 11.0 Å². The highest BCUT2D eigenvalue weighted by Gasteiger charge is 2.30. The molecule has 1 saturated carbocycles. The molecule has 3 rings (SSSR count). The van der Waals surface area contributed by atoms with Crippen LogP contribution in [0.1, 0.15) is 70.6 Å². The monoisotopic (exact) mass is 394 g/mol. The number of hydrogen-bond acceptors (Lipinski definition) is 2. The maximum absolute atomic E-state index is 11.9. The van der Waals surface area contributed by atoms with Crippen molar-refractivity contribution in [2.24, 2.45) is 28.7 Å². The predicted molar refractivity (Wildman–Crippen MR) is 124 cm³/mol. The average molecular weight is 394 g/mol. The second-order valence-electron chi connectivity index (χ2n) is 9.46. The summed E-state index contributed by atoms with van der Waals surface area (Å²) >= 11 is 0. The lowest BCUT2D eigenvalue weighted by molar-refractivity contribution is -0.130. The summed E-state index contributed by atoms with van der Waals surface area (Å²) in [5.74, 6) is 2.92. The molecule has 0 aromatic heterocycles. The van der Waals surface area contributed by atoms with E-state index >= 15 is 0 Å². The van der Waals surface area contributed by atoms with Crippen LogP contribution in [0.3, 0.4) is 0 Å². The number of hydrogen-bond donors (Lipinski definition) is 0. The fourth-order valence-electron chi connectivity index (χ4n) is 5.76. The molecule has 3 unspecified atom stereocenters. The summed E-state index contributed by atoms with van der Waals surface area (Å²) in [7, 11) is 5.54. The van der Waals surface area contributed by atoms with Gasteiger partial charge in [-0.25, -0.2) is 0 Å². The first-order valence-corrected chi connectivity index (χ1v) is 11.9. The molecule has 2 radical (unpaired) electrons. The van der Waals surface area contributed by atoms with Crippen LogP contribution >= 0.6 is 0 Å². The van der Waals surface area contributed by atoms with Crippen molar-refractivity contribution in [1.29, 1.82) is 0 Å². The number of amides is 1. The lowest BCUT2D eigenvalue weighted by atomic mass is 9.76. The van der Waals surface area contributed by atoms with Crippen LogP contribution in [-0.2, 0) is 4.79 Å². The molecule has 2 heterocycles. The molecule has 1 aliphatic carbocycles. The van der Waals surface area contributed by atoms with E-state index in [9.17, 15) is 4.79 Å². The van der Waals surface area contributed by atoms with Gasteiger partial charge in [0.15, 0.2) is 0 Å². The highest BCUT2D eigenvalue weighted by Crippen LogP contribution is 2.36. The fourth-order valence-corrected chi connectivity index (χ4v) is 5.76. The van der Waals surface area contributed by atoms with Crippen LogP contribution in [-0.4, -0.2) is 44.0 Å². The Bertz CT molecular complexity index is 606. The van der Waals surface area contributed by atoms with Gasteiger partial charge in [0.1, 0.15) is 0 Å². The molecule has 158 valence electrons. The SMILES string of the molecule is [B]CC(=O)N1CCC(C2CCCCCC(C3=NCC(C(=C)C=C)C3)CCC2)CC1. The summed E-state index contributed by atoms with van der Waals surface area (Å²) < 4.78 is 0. The van der Waals surface area contributed by atoms with E-state index in [1.165, 1.54) is 57.1 Å². The Hall–Kier alpha value is -1.32. The Morgan fingerprint density at radius 3 is 2.41 bits per heavy atom. The molecule has 3 aliphatic rings. The maximum atomic E-state index is 11.9. The molecule has 3 nitrogen and oxygen atoms in total. The number of likely N-dealkylation sites (tertiary alicyclic amines) is 1. The molecule has 0 spiro atoms. The van der Waals surface area contributed by atoms with Gasteiger partial charge in [-0.05, 0) is 56.2 Å². The van der Waals surface area contributed by atoms with Gasteiger partial charge in [0, 0.05) is 31.3 Å². The number of allylic oxidation sites excluding steroid dienone is 1. The van der Waals surface area contributed by atoms with Crippen molar-refractivity contribution in [3.05, 3.63) is 24.8 Å². The first-order chi connectivity index (χ1) is 14.1. The van der Waals surface area contributed by atoms with Gasteiger partial charge in [0.25, 0.3) is 0 Å². The van der Waals surface area contributed by atoms with Crippen LogP contribution in [0.4, 0.5) is 0 Å². The lowest BCUT2D eigenvalue weighted by Crippen LogP contribution is -2.40. The fraction of sp³-hybridized carbons (Fsp3) is 0.760. The van der Waals surface area contributed by atoms with Gasteiger partial charge >= 0.3 is 0 Å². The third-order valence-electron chi connectivity index (χ3n) is 7.72. The zero-order valence-electron chi connectivity index (χ0n) is 18.3. The van der Waals surface area contributed by atoms with Crippen LogP contribution in [0.25, 0.3) is 0 Å². The van der Waals surface area contributed by atoms with Crippen molar-refractivity contribution >= 4 is 19.5 Å². The molecular formula is C25H39BN2O. The number of aliphatic imine (C=N–C) groups is 1. The van der Waals surface area contributed by atoms with E-state index in [1.54, 1.807) is 0 Å². The van der Waals surface area contributed by atoms with Gasteiger partial charge in [0.2, 0.25) is 5.91 Å². The first-order valence-electron chi connectivity index (χ1n) is 11.9. The predicted octanol–water partition coefficient (Wildman–Crippen LogP) is 5.38. The standard InChI is InChI=1S/C25H39BN2O/c1-3-19(2)23-16-24(27-18-23)22-9-6-4-5-8-20(10-7-11-22)21-12-14-28(15-13-21)25(29)17-26/h3,20-23H,1-2,4-18H2. The second kappa shape index (κ2) is 11.2. The minimum atomic E-state index is 0.118. The van der Waals surface area contributed by atoms with Crippen molar-refractivity contribution in [2.45, 2.75) is 76.9 Å². The Kier molecular flexibility index (Phi) is 8.62. The summed E-state index contributed by atoms with van der Waals surface area (Å²) in [6.45, 7) is 10.8. The van der Waals surface area contributed by atoms with E-state index in [2.05, 4.69) is 13.2 Å². The summed E-state index contributed by atoms with van der Waals surface area (Å²) in [5.41, 5.74) is 2.62. The molecule has 1 saturated heterocycles. The molecule has 2 fully saturated rings. The largest absolute Gasteiger partial charge is 0.343 e. The summed E-state index contributed by atoms with van der Waals surface area (Å²) in [6.07, 6.45) is 16.2. The van der Waals surface area contributed by atoms with E-state index in [-0.39, 0.29) is 12.2 Å². The van der Waals surface area contributed by atoms with E-state index < -0.39 is 0 Å². The molecular weight excluding hydrogens is 355 g/mol. The van der Waals surface area contributed by atoms with Crippen LogP contribution in [0.15, 0.2) is 29.8 Å². The van der Waals surface area contributed by atoms with E-state index in [0.29, 0.717) is 11.8 Å². The Balaban J connectivity index is 1.50. The van der Waals surface area contributed by atoms with Crippen LogP contribution in [0.5, 0.6) is 0 Å². The number of piperidine rings is 1. The van der Waals surface area contributed by atoms with Crippen LogP contribution in [0.2, 0.25) is 6.32 Å². The third kappa shape index (κ3) is 6.09. The van der Waals surface area contributed by atoms with Gasteiger partial charge in [-0.2, -0.15) is 0 Å². The third-order valence-corrected chi connectivity index (χ3v) is 7.72. The summed E-state index contributed by atoms with van der Waals surface area (Å²) in [6, 6.07) is 0. The van der Waals surface area contributed by atoms with Crippen LogP contribution < -0.4 is 0 Å². The Labute approximate surface area is 179 Å². The van der Waals surface area contributed by atoms with Crippen molar-refractivity contribution in [3.8, 4) is 0 Å². The Morgan fingerprint density at radius 2 is 1.69 bits per heavy atom. The van der Waals surface area contributed by atoms with Gasteiger partial charge in [0.05, 0.1) is 7.85 Å². The van der Waals surface area contributed by atoms with Crippen molar-refractivity contribution in [1.82, 2.24) is 4.90 Å². The van der Waals surface area contributed by atoms with Crippen molar-refractivity contribution in [2.75, 3.05) is 19.6 Å². The van der Waals surface area contributed by atoms with Gasteiger partial charge in [-0.3, -0.25) is 9.79 Å². The molecule has 1 amide bonds. The molecule has 2 aliphatic heterocycles. The first kappa shape index (κ1) is 22.4. The Morgan fingerprint density at radius 1 is 1.03 bits per heavy atom. The normalized spacial score (nSPS) is 29.9. The number of nitrogens with zero attached hydrogens (tertiary/aromatic N) is 2. The molecule has 3 atom stereocenters. The molecule has 29 heavy (non-hydrogen) atoms. The molecule has 0 aromatic rings. The zero-order chi connectivity index (χ0) is 20.6. The minimum Gasteiger partial charge on any atom is -0.343 e. The summed E-state index contributed by atoms with van der Waals surface area (Å²) in [4.78, 5) is 18.8. The average Bonchev–Trinajstić information content (AvgIpc) is 3.26. The molecule has 0 N–H and O–H groups in total. The molecule has 0 bridgehead atoms. The van der Waals surface area contributed by atoms with Crippen LogP contribution in [0, 0.1) is 23.7 Å². The zero-order valence-corrected chi connectivity index (χ0v) is 18.3. The maximum Gasteiger partial charge on any atom is 0.213 e. The van der Waals surface area contributed by atoms with E-state index in [4.69, 9.17) is 12.8 Å². The summed E-state index contributed by atoms with van der Waals surface area (Å²) in [5, 5.41) is 0. The minimum absolute atomic E-state index is 0.118. The topological polar surface area (TPSA) is 32.7 Å². The second-order valence-corrected chi connectivity index (χ2v) is 9.46. The molecule has 0 aromatic carbocycles. The molecule has 4 heteroatoms. The van der Waals surface area contributed by atoms with Gasteiger partial charge in [-0.1, -0.05) is 63.3 Å². The lowest BCUT2D eigenvalue weighted by Gasteiger charge is -2.37. The number of carbonyl (C=O) groups is 1. The number of rotatable bonds is 5. The quantitative estimate of drug-likeness (QED) is 0.455. The van der Waals surface area contributed by atoms with Crippen molar-refractivity contribution in [3.63, 3.8) is 0 Å². The van der Waals surface area contributed by atoms with Gasteiger partial charge in [-0.15, -0.1) is 0 Å². The highest BCUT2D eigenvalue weighted by atomic mass is 16.2. The highest BCUT2D eigenvalue weighted by molar-refractivity contribution is 6.19. The number of carbonyl (C=O) groups excluding carboxylic acids is 1. The van der Waals surface area contributed by atoms with Gasteiger partial charge < -0.3 is 4.90 Å². The van der Waals surface area contributed by atoms with Crippen molar-refractivity contribution < 1.29 is 4.79 Å². The smallest absolute Gasteiger partial charge is 0.213 e. The van der Waals surface area contributed by atoms with E-state index in [0.717, 1.165) is 56.3 Å².